The zero-order valence-electron chi connectivity index (χ0n) is 16.8. The van der Waals surface area contributed by atoms with E-state index in [4.69, 9.17) is 42.1 Å². The van der Waals surface area contributed by atoms with E-state index in [1.807, 2.05) is 0 Å². The van der Waals surface area contributed by atoms with Gasteiger partial charge in [-0.15, -0.1) is 20.2 Å². The van der Waals surface area contributed by atoms with Crippen molar-refractivity contribution >= 4 is 11.6 Å². The summed E-state index contributed by atoms with van der Waals surface area (Å²) in [6.45, 7) is 0. The van der Waals surface area contributed by atoms with E-state index in [0.29, 0.717) is 0 Å². The zero-order valence-corrected chi connectivity index (χ0v) is 21.3. The molecule has 0 aliphatic heterocycles. The van der Waals surface area contributed by atoms with Crippen molar-refractivity contribution in [2.45, 2.75) is 0 Å². The number of nitrogens with one attached hydrogen (secondary N) is 2. The van der Waals surface area contributed by atoms with Gasteiger partial charge in [-0.3, -0.25) is 9.59 Å². The maximum atomic E-state index is 10.6. The number of aromatic nitrogens is 4. The van der Waals surface area contributed by atoms with Crippen molar-refractivity contribution in [2.24, 2.45) is 14.1 Å². The van der Waals surface area contributed by atoms with Crippen LogP contribution < -0.4 is 36.0 Å². The van der Waals surface area contributed by atoms with Crippen LogP contribution in [-0.2, 0) is 56.2 Å². The number of aryl methyl sites for hydroxylation is 2. The van der Waals surface area contributed by atoms with E-state index >= 15 is 0 Å². The summed E-state index contributed by atoms with van der Waals surface area (Å²) in [5, 5.41) is 27.3. The van der Waals surface area contributed by atoms with E-state index in [1.165, 1.54) is 33.7 Å². The maximum Gasteiger partial charge on any atom is 4.00 e. The van der Waals surface area contributed by atoms with Crippen LogP contribution in [0.3, 0.4) is 0 Å². The Morgan fingerprint density at radius 1 is 0.781 bits per heavy atom. The van der Waals surface area contributed by atoms with E-state index in [2.05, 4.69) is 9.97 Å². The van der Waals surface area contributed by atoms with Gasteiger partial charge in [-0.2, -0.15) is 0 Å². The molecule has 0 fully saturated rings. The summed E-state index contributed by atoms with van der Waals surface area (Å²) >= 11 is 0. The Bertz CT molecular complexity index is 772. The molecule has 0 atom stereocenters. The van der Waals surface area contributed by atoms with E-state index in [-0.39, 0.29) is 89.7 Å². The number of nitrogens with zero attached hydrogens (tertiary/aromatic N) is 6. The second kappa shape index (κ2) is 28.0. The molecule has 16 N–H and O–H groups in total. The molecule has 22 heteroatoms. The smallest absolute Gasteiger partial charge is 0.482 e. The van der Waals surface area contributed by atoms with Gasteiger partial charge >= 0.3 is 42.1 Å². The average Bonchev–Trinajstić information content (AvgIpc) is 2.47. The van der Waals surface area contributed by atoms with Gasteiger partial charge in [-0.05, 0) is 12.1 Å². The second-order valence-corrected chi connectivity index (χ2v) is 3.89. The van der Waals surface area contributed by atoms with E-state index in [0.717, 1.165) is 0 Å². The van der Waals surface area contributed by atoms with Gasteiger partial charge in [-0.1, -0.05) is 11.6 Å². The molecule has 2 rings (SSSR count). The Labute approximate surface area is 209 Å². The first kappa shape index (κ1) is 51.5. The van der Waals surface area contributed by atoms with Crippen LogP contribution in [0, 0.1) is 20.2 Å². The minimum Gasteiger partial charge on any atom is -0.482 e. The molecule has 2 aromatic rings. The Kier molecular flexibility index (Phi) is 45.1. The summed E-state index contributed by atoms with van der Waals surface area (Å²) < 4.78 is 2.64. The minimum atomic E-state index is -1.50. The van der Waals surface area contributed by atoms with Crippen molar-refractivity contribution < 1.29 is 62.7 Å². The minimum absolute atomic E-state index is 0. The quantitative estimate of drug-likeness (QED) is 0.159. The molecule has 0 aromatic carbocycles. The van der Waals surface area contributed by atoms with Gasteiger partial charge in [0.2, 0.25) is 11.4 Å². The third-order valence-electron chi connectivity index (χ3n) is 1.95. The Hall–Kier alpha value is -3.02. The van der Waals surface area contributed by atoms with Crippen LogP contribution in [-0.4, -0.2) is 39.7 Å². The molecule has 0 bridgehead atoms. The van der Waals surface area contributed by atoms with Crippen LogP contribution in [0.25, 0.3) is 11.5 Å². The molecule has 188 valence electrons. The molecule has 0 aliphatic carbocycles. The largest absolute Gasteiger partial charge is 4.00 e. The zero-order chi connectivity index (χ0) is 20.9. The summed E-state index contributed by atoms with van der Waals surface area (Å²) in [5.74, 6) is 0.0243. The molecule has 0 radical (unpaired) electrons. The SMILES string of the molecule is Cn1ccc([NH-])nc1=O.Cn1ccc([NH-])nc1=O.N.N.N.N.O=[N+]([O-])O.O=[N+]([O-])O.[Pt+4].[Pt+4]. The van der Waals surface area contributed by atoms with Gasteiger partial charge < -0.3 is 65.6 Å². The first-order chi connectivity index (χ1) is 11.9. The van der Waals surface area contributed by atoms with Crippen LogP contribution >= 0.6 is 0 Å². The number of rotatable bonds is 0. The van der Waals surface area contributed by atoms with Gasteiger partial charge in [0.15, 0.2) is 0 Å². The molecule has 0 saturated carbocycles. The summed E-state index contributed by atoms with van der Waals surface area (Å²) in [4.78, 5) is 44.6. The summed E-state index contributed by atoms with van der Waals surface area (Å²) in [5.41, 5.74) is 13.0. The van der Waals surface area contributed by atoms with Crippen molar-refractivity contribution in [3.05, 3.63) is 77.2 Å². The maximum absolute atomic E-state index is 10.6. The van der Waals surface area contributed by atoms with Crippen molar-refractivity contribution in [2.75, 3.05) is 0 Å². The molecule has 0 saturated heterocycles. The molecule has 2 heterocycles. The third-order valence-corrected chi connectivity index (χ3v) is 1.95. The number of hydrogen-bond donors (Lipinski definition) is 6. The molecule has 2 aromatic heterocycles. The topological polar surface area (TPSA) is 384 Å². The van der Waals surface area contributed by atoms with Crippen molar-refractivity contribution in [1.29, 1.82) is 0 Å². The molecule has 0 spiro atoms. The molecular formula is C10H26N12O8Pt2+6. The Morgan fingerprint density at radius 2 is 0.969 bits per heavy atom. The monoisotopic (exact) mass is 832 g/mol. The van der Waals surface area contributed by atoms with Gasteiger partial charge in [0.1, 0.15) is 0 Å². The summed E-state index contributed by atoms with van der Waals surface area (Å²) in [6, 6.07) is 2.92. The first-order valence-electron chi connectivity index (χ1n) is 6.04. The van der Waals surface area contributed by atoms with Crippen molar-refractivity contribution in [3.8, 4) is 0 Å². The predicted molar refractivity (Wildman–Crippen MR) is 105 cm³/mol. The Balaban J connectivity index is -0.0000000399. The molecule has 20 nitrogen and oxygen atoms in total. The second-order valence-electron chi connectivity index (χ2n) is 3.89. The number of hydrogen-bond acceptors (Lipinski definition) is 12. The molecule has 0 unspecified atom stereocenters. The third kappa shape index (κ3) is 34.5. The standard InChI is InChI=1S/2C5H7N3O.2HNO3.4H3N.2Pt/c2*1-8-3-2-4(6)7-5(8)9;2*2-1(3)4;;;;;;/h2*2-3H,1H3,(H2,6,7,9);2*(H,2,3,4);4*1H3;;/q;;;;;;;;2*+4/p-2. The molecule has 32 heavy (non-hydrogen) atoms. The fraction of sp³-hybridized carbons (Fsp3) is 0.200. The fourth-order valence-electron chi connectivity index (χ4n) is 0.931. The molecule has 0 aliphatic rings. The van der Waals surface area contributed by atoms with Crippen molar-refractivity contribution in [3.63, 3.8) is 0 Å². The molecule has 0 amide bonds. The van der Waals surface area contributed by atoms with Gasteiger partial charge in [-0.25, -0.2) is 0 Å². The van der Waals surface area contributed by atoms with Crippen LogP contribution in [0.4, 0.5) is 11.6 Å². The molecular weight excluding hydrogens is 806 g/mol. The van der Waals surface area contributed by atoms with Gasteiger partial charge in [0, 0.05) is 26.5 Å². The fourth-order valence-corrected chi connectivity index (χ4v) is 0.931. The van der Waals surface area contributed by atoms with E-state index in [9.17, 15) is 9.59 Å². The van der Waals surface area contributed by atoms with Gasteiger partial charge in [0.05, 0.1) is 0 Å². The van der Waals surface area contributed by atoms with Crippen LogP contribution in [0.1, 0.15) is 0 Å². The predicted octanol–water partition coefficient (Wildman–Crippen LogP) is 0.876. The average molecular weight is 833 g/mol. The Morgan fingerprint density at radius 3 is 1.09 bits per heavy atom. The van der Waals surface area contributed by atoms with Crippen LogP contribution in [0.2, 0.25) is 0 Å². The van der Waals surface area contributed by atoms with Crippen molar-refractivity contribution in [1.82, 2.24) is 43.7 Å². The van der Waals surface area contributed by atoms with Crippen LogP contribution in [0.5, 0.6) is 0 Å². The summed E-state index contributed by atoms with van der Waals surface area (Å²) in [7, 11) is 3.18. The van der Waals surface area contributed by atoms with E-state index in [1.54, 1.807) is 14.1 Å². The normalized spacial score (nSPS) is 6.81. The summed E-state index contributed by atoms with van der Waals surface area (Å²) in [6.07, 6.45) is 3.02. The van der Waals surface area contributed by atoms with Gasteiger partial charge in [0.25, 0.3) is 10.2 Å². The van der Waals surface area contributed by atoms with Crippen LogP contribution in [0.15, 0.2) is 34.1 Å². The van der Waals surface area contributed by atoms with E-state index < -0.39 is 10.2 Å². The first-order valence-corrected chi connectivity index (χ1v) is 6.04.